The summed E-state index contributed by atoms with van der Waals surface area (Å²) in [5.74, 6) is -23.2. The fourth-order valence-electron chi connectivity index (χ4n) is 12.9. The quantitative estimate of drug-likeness (QED) is 0.0325. The lowest BCUT2D eigenvalue weighted by Gasteiger charge is -2.38. The van der Waals surface area contributed by atoms with Crippen molar-refractivity contribution in [1.29, 1.82) is 0 Å². The molecular formula is C76H99BrN16O27. The number of hydrogen-bond donors (Lipinski definition) is 24. The molecule has 43 nitrogen and oxygen atoms in total. The molecule has 3 aliphatic rings. The van der Waals surface area contributed by atoms with E-state index in [0.29, 0.717) is 21.2 Å². The predicted molar refractivity (Wildman–Crippen MR) is 414 cm³/mol. The molecular weight excluding hydrogens is 1650 g/mol. The van der Waals surface area contributed by atoms with Crippen molar-refractivity contribution in [3.63, 3.8) is 0 Å². The number of rotatable bonds is 18. The Morgan fingerprint density at radius 1 is 0.608 bits per heavy atom. The molecule has 0 unspecified atom stereocenters. The zero-order chi connectivity index (χ0) is 88.5. The Labute approximate surface area is 693 Å². The number of carbonyl (C=O) groups excluding carboxylic acids is 15. The lowest BCUT2D eigenvalue weighted by atomic mass is 9.92. The largest absolute Gasteiger partial charge is 0.548 e. The molecule has 4 bridgehead atoms. The Hall–Kier alpha value is -11.6. The molecule has 14 amide bonds. The number of aliphatic hydroxyl groups excluding tert-OH is 10. The molecule has 0 spiro atoms. The summed E-state index contributed by atoms with van der Waals surface area (Å²) in [5.41, 5.74) is 12.4. The predicted octanol–water partition coefficient (Wildman–Crippen LogP) is -11.6. The van der Waals surface area contributed by atoms with Gasteiger partial charge < -0.3 is 141 Å². The molecule has 4 aromatic rings. The molecule has 44 heteroatoms. The molecule has 4 heterocycles. The molecule has 1 fully saturated rings. The van der Waals surface area contributed by atoms with Crippen molar-refractivity contribution in [2.24, 2.45) is 11.5 Å². The third-order valence-electron chi connectivity index (χ3n) is 19.7. The van der Waals surface area contributed by atoms with Crippen molar-refractivity contribution in [3.8, 4) is 0 Å². The summed E-state index contributed by atoms with van der Waals surface area (Å²) in [6.45, 7) is -1.95. The van der Waals surface area contributed by atoms with Gasteiger partial charge in [-0.15, -0.1) is 0 Å². The van der Waals surface area contributed by atoms with Gasteiger partial charge in [-0.05, 0) is 55.5 Å². The van der Waals surface area contributed by atoms with Crippen molar-refractivity contribution in [1.82, 2.24) is 68.4 Å². The van der Waals surface area contributed by atoms with Gasteiger partial charge in [0, 0.05) is 36.1 Å². The second-order valence-corrected chi connectivity index (χ2v) is 29.8. The average molecular weight is 1750 g/mol. The molecule has 652 valence electrons. The van der Waals surface area contributed by atoms with Crippen molar-refractivity contribution in [2.45, 2.75) is 200 Å². The molecule has 1 aromatic heterocycles. The monoisotopic (exact) mass is 1750 g/mol. The zero-order valence-corrected chi connectivity index (χ0v) is 66.5. The molecule has 21 atom stereocenters. The SMILES string of the molecule is CC(/C=C/c1ccccc1)=C\[C@H](O)[C@H]1CC(=O)N[C@@H](CO)C(=O)N[C@@H]2C[n+]3cc(n([C@@H]4O[C@H](CO)[C@H](O)[C@H](O)[C@H]4O)c3)C[C@H](NC(=O)CCC[C@@H](C(=O)[O-])NC(=O)[C@H](O)CNC(=O)[C@H]([C@@H](C)c3ccc(Br)cc3)NC(=O)[C@@H]([C@@H](O)C(N)=O)NC(=O)[C@H](CC(N)=O)NC2=O)C(=O)N[C@@H]([C@H](C)O)C(=O)N[C@@H](CO)C(=O)N[C@@H](Cc2ccccc2)C(=O)N1. The highest BCUT2D eigenvalue weighted by molar-refractivity contribution is 9.10. The van der Waals surface area contributed by atoms with E-state index in [4.69, 9.17) is 16.2 Å². The first kappa shape index (κ1) is 95.6. The highest BCUT2D eigenvalue weighted by Gasteiger charge is 2.49. The number of β-amino-alcohol motifs (C(OH)–C–C–N with tert-alkyl or cyclic N) is 1. The number of imidazole rings is 1. The second-order valence-electron chi connectivity index (χ2n) is 28.9. The zero-order valence-electron chi connectivity index (χ0n) is 64.9. The molecule has 0 radical (unpaired) electrons. The Kier molecular flexibility index (Phi) is 35.9. The lowest BCUT2D eigenvalue weighted by Crippen LogP contribution is -2.64. The van der Waals surface area contributed by atoms with Crippen molar-refractivity contribution >= 4 is 111 Å². The number of aliphatic hydroxyl groups is 10. The summed E-state index contributed by atoms with van der Waals surface area (Å²) in [7, 11) is 0. The summed E-state index contributed by atoms with van der Waals surface area (Å²) >= 11 is 3.28. The van der Waals surface area contributed by atoms with Crippen LogP contribution in [0.25, 0.3) is 6.08 Å². The van der Waals surface area contributed by atoms with E-state index >= 15 is 9.59 Å². The molecule has 7 rings (SSSR count). The first-order chi connectivity index (χ1) is 56.8. The van der Waals surface area contributed by atoms with Crippen LogP contribution in [-0.4, -0.2) is 286 Å². The normalized spacial score (nSPS) is 28.3. The third-order valence-corrected chi connectivity index (χ3v) is 20.2. The van der Waals surface area contributed by atoms with E-state index in [0.717, 1.165) is 28.6 Å². The molecule has 0 aliphatic carbocycles. The summed E-state index contributed by atoms with van der Waals surface area (Å²) in [6.07, 6.45) is -18.7. The van der Waals surface area contributed by atoms with Crippen molar-refractivity contribution in [2.75, 3.05) is 26.4 Å². The van der Waals surface area contributed by atoms with Gasteiger partial charge in [-0.25, -0.2) is 9.13 Å². The van der Waals surface area contributed by atoms with Crippen LogP contribution in [0.5, 0.6) is 0 Å². The number of carbonyl (C=O) groups is 15. The number of aromatic nitrogens is 2. The number of carboxylic acid groups (broad SMARTS) is 1. The number of fused-ring (bicyclic) bond motifs is 2. The number of ether oxygens (including phenoxy) is 1. The van der Waals surface area contributed by atoms with Crippen LogP contribution < -0.4 is 84.9 Å². The minimum Gasteiger partial charge on any atom is -0.548 e. The average Bonchev–Trinajstić information content (AvgIpc) is 1.59. The first-order valence-corrected chi connectivity index (χ1v) is 38.5. The number of nitrogens with one attached hydrogen (secondary N) is 12. The smallest absolute Gasteiger partial charge is 0.251 e. The number of nitrogens with two attached hydrogens (primary N) is 2. The van der Waals surface area contributed by atoms with Gasteiger partial charge in [0.25, 0.3) is 5.91 Å². The van der Waals surface area contributed by atoms with Gasteiger partial charge in [0.05, 0.1) is 63.0 Å². The minimum absolute atomic E-state index is 0.279. The summed E-state index contributed by atoms with van der Waals surface area (Å²) < 4.78 is 8.25. The Bertz CT molecular complexity index is 4390. The standard InChI is InChI=1S/C76H99BrN16O27/c1-35(17-18-38-11-6-4-7-12-38)23-51(98)44-27-56(102)82-49(31-94)69(112)87-48-30-92-29-42(93(34-92)75-63(106)62(105)60(103)53(33-96)120-75)25-46(66(109)90-58(37(3)97)73(116)88-50(32-95)70(113)85-45(65(108)84-44)24-39-13-8-5-9-14-39)81-55(101)16-10-15-43(76(118)119)83-71(114)52(99)28-80-72(115)57(36(2)40-19-21-41(77)22-20-40)89-74(117)59(61(104)64(79)107)91-67(110)47(26-54(78)100)86-68(48)111/h4-9,11-14,17-23,29,34,36-37,43-53,57-63,75,94-99,103-106H,10,15-16,24-28,30-33H2,1-3H3,(H16-,78,79,80,81,82,83,84,85,86,87,88,89,90,91,100,101,102,107,108,109,110,111,112,113,114,115,116,117,118,119)/b18-17+,35-23+/t36-,37-,43-,44+,45-,46-,47-,48+,49-,50-,51-,52+,53+,57-,58-,59+,60-,61+,62-,63+,75+/m0/s1. The van der Waals surface area contributed by atoms with Gasteiger partial charge in [-0.1, -0.05) is 119 Å². The molecule has 1 saturated heterocycles. The molecule has 120 heavy (non-hydrogen) atoms. The minimum atomic E-state index is -2.77. The van der Waals surface area contributed by atoms with Crippen LogP contribution in [0.2, 0.25) is 0 Å². The molecule has 26 N–H and O–H groups in total. The number of carboxylic acids is 1. The number of amides is 14. The highest BCUT2D eigenvalue weighted by atomic mass is 79.9. The van der Waals surface area contributed by atoms with Crippen LogP contribution in [0.1, 0.15) is 87.4 Å². The van der Waals surface area contributed by atoms with E-state index in [1.54, 1.807) is 67.6 Å². The number of allylic oxidation sites excluding steroid dienone is 2. The van der Waals surface area contributed by atoms with Gasteiger partial charge in [0.1, 0.15) is 103 Å². The summed E-state index contributed by atoms with van der Waals surface area (Å²) in [4.78, 5) is 214. The Morgan fingerprint density at radius 2 is 1.18 bits per heavy atom. The van der Waals surface area contributed by atoms with E-state index in [1.165, 1.54) is 49.4 Å². The van der Waals surface area contributed by atoms with Crippen LogP contribution in [0, 0.1) is 0 Å². The number of halogens is 1. The molecule has 3 aromatic carbocycles. The maximum Gasteiger partial charge on any atom is 0.251 e. The number of benzene rings is 3. The van der Waals surface area contributed by atoms with Crippen LogP contribution in [0.15, 0.2) is 120 Å². The first-order valence-electron chi connectivity index (χ1n) is 37.7. The highest BCUT2D eigenvalue weighted by Crippen LogP contribution is 2.30. The fourth-order valence-corrected chi connectivity index (χ4v) is 13.2. The maximum atomic E-state index is 15.4. The van der Waals surface area contributed by atoms with Crippen LogP contribution >= 0.6 is 15.9 Å². The van der Waals surface area contributed by atoms with E-state index in [-0.39, 0.29) is 5.56 Å². The fraction of sp³-hybridized carbons (Fsp3) is 0.474. The Morgan fingerprint density at radius 3 is 1.80 bits per heavy atom. The maximum absolute atomic E-state index is 15.4. The van der Waals surface area contributed by atoms with E-state index in [1.807, 2.05) is 10.6 Å². The van der Waals surface area contributed by atoms with Crippen LogP contribution in [-0.2, 0) is 96.0 Å². The molecule has 3 aliphatic heterocycles. The van der Waals surface area contributed by atoms with Gasteiger partial charge in [0.15, 0.2) is 6.10 Å². The van der Waals surface area contributed by atoms with E-state index in [2.05, 4.69) is 69.1 Å². The van der Waals surface area contributed by atoms with Crippen LogP contribution in [0.4, 0.5) is 0 Å². The number of nitrogens with zero attached hydrogens (tertiary/aromatic N) is 2. The van der Waals surface area contributed by atoms with E-state index in [9.17, 15) is 119 Å². The van der Waals surface area contributed by atoms with Crippen molar-refractivity contribution in [3.05, 3.63) is 142 Å². The summed E-state index contributed by atoms with van der Waals surface area (Å²) in [5, 5.41) is 152. The number of primary amides is 2. The van der Waals surface area contributed by atoms with Gasteiger partial charge in [-0.3, -0.25) is 67.1 Å². The number of aliphatic carboxylic acids is 1. The Balaban J connectivity index is 1.45. The van der Waals surface area contributed by atoms with Crippen LogP contribution in [0.3, 0.4) is 0 Å². The summed E-state index contributed by atoms with van der Waals surface area (Å²) in [6, 6.07) is -0.835. The lowest BCUT2D eigenvalue weighted by molar-refractivity contribution is -0.697. The molecule has 0 saturated carbocycles. The topological polar surface area (TPSA) is 696 Å². The van der Waals surface area contributed by atoms with Gasteiger partial charge >= 0.3 is 0 Å². The van der Waals surface area contributed by atoms with E-state index < -0.39 is 300 Å². The number of hydrogen-bond acceptors (Lipinski definition) is 27. The van der Waals surface area contributed by atoms with Crippen molar-refractivity contribution < 1.29 is 137 Å². The van der Waals surface area contributed by atoms with Gasteiger partial charge in [-0.2, -0.15) is 0 Å². The second kappa shape index (κ2) is 45.0. The van der Waals surface area contributed by atoms with Gasteiger partial charge in [0.2, 0.25) is 89.3 Å². The third kappa shape index (κ3) is 27.2.